The Bertz CT molecular complexity index is 650. The number of nitrogens with one attached hydrogen (secondary N) is 1. The molecule has 2 saturated heterocycles. The number of para-hydroxylation sites is 1. The number of hydrogen-bond acceptors (Lipinski definition) is 4. The third-order valence-corrected chi connectivity index (χ3v) is 5.46. The van der Waals surface area contributed by atoms with Crippen molar-refractivity contribution in [3.63, 3.8) is 0 Å². The summed E-state index contributed by atoms with van der Waals surface area (Å²) in [5, 5.41) is 3.34. The normalized spacial score (nSPS) is 21.6. The van der Waals surface area contributed by atoms with Crippen molar-refractivity contribution in [2.24, 2.45) is 4.99 Å². The summed E-state index contributed by atoms with van der Waals surface area (Å²) in [4.78, 5) is 6.64. The number of likely N-dealkylation sites (tertiary alicyclic amines) is 1. The van der Waals surface area contributed by atoms with Gasteiger partial charge in [0.05, 0.1) is 25.4 Å². The fraction of sp³-hybridized carbons (Fsp3) is 0.682. The molecule has 2 atom stereocenters. The number of halogens is 2. The molecule has 1 N–H and O–H groups in total. The zero-order valence-electron chi connectivity index (χ0n) is 18.0. The molecule has 0 amide bonds. The molecule has 0 spiro atoms. The number of guanidine groups is 1. The van der Waals surface area contributed by atoms with Crippen molar-refractivity contribution < 1.29 is 18.6 Å². The van der Waals surface area contributed by atoms with Gasteiger partial charge in [0.1, 0.15) is 6.10 Å². The van der Waals surface area contributed by atoms with Crippen LogP contribution in [-0.4, -0.2) is 69.1 Å². The van der Waals surface area contributed by atoms with Crippen LogP contribution in [0.2, 0.25) is 0 Å². The second-order valence-electron chi connectivity index (χ2n) is 7.80. The first-order chi connectivity index (χ1) is 14.2. The lowest BCUT2D eigenvalue weighted by Gasteiger charge is -2.35. The van der Waals surface area contributed by atoms with E-state index < -0.39 is 0 Å². The monoisotopic (exact) mass is 535 g/mol. The van der Waals surface area contributed by atoms with Crippen LogP contribution >= 0.6 is 24.0 Å². The smallest absolute Gasteiger partial charge is 0.193 e. The van der Waals surface area contributed by atoms with Crippen LogP contribution in [0.25, 0.3) is 0 Å². The SMILES string of the molecule is CN=C(NCC(C)Oc1ccccc1F)N1CCC(OCC2CCCCO2)CC1.I. The standard InChI is InChI=1S/C22H34FN3O3.HI/c1-17(29-21-9-4-3-8-20(21)23)15-25-22(24-2)26-12-10-18(11-13-26)28-16-19-7-5-6-14-27-19;/h3-4,8-9,17-19H,5-7,10-16H2,1-2H3,(H,24,25);1H. The second-order valence-corrected chi connectivity index (χ2v) is 7.80. The van der Waals surface area contributed by atoms with E-state index in [1.807, 2.05) is 6.92 Å². The summed E-state index contributed by atoms with van der Waals surface area (Å²) in [6.45, 7) is 5.85. The highest BCUT2D eigenvalue weighted by molar-refractivity contribution is 14.0. The van der Waals surface area contributed by atoms with Crippen molar-refractivity contribution in [3.05, 3.63) is 30.1 Å². The van der Waals surface area contributed by atoms with E-state index in [1.165, 1.54) is 18.9 Å². The molecule has 2 aliphatic heterocycles. The van der Waals surface area contributed by atoms with Gasteiger partial charge in [-0.15, -0.1) is 24.0 Å². The van der Waals surface area contributed by atoms with E-state index in [4.69, 9.17) is 14.2 Å². The van der Waals surface area contributed by atoms with Crippen LogP contribution in [0.1, 0.15) is 39.0 Å². The van der Waals surface area contributed by atoms with Crippen LogP contribution in [0, 0.1) is 5.82 Å². The molecule has 0 radical (unpaired) electrons. The Kier molecular flexibility index (Phi) is 11.2. The molecule has 2 unspecified atom stereocenters. The Morgan fingerprint density at radius 3 is 2.70 bits per heavy atom. The molecule has 0 bridgehead atoms. The summed E-state index contributed by atoms with van der Waals surface area (Å²) < 4.78 is 31.3. The molecular formula is C22H35FIN3O3. The van der Waals surface area contributed by atoms with Gasteiger partial charge >= 0.3 is 0 Å². The Morgan fingerprint density at radius 1 is 1.27 bits per heavy atom. The van der Waals surface area contributed by atoms with Crippen LogP contribution in [0.15, 0.2) is 29.3 Å². The molecule has 8 heteroatoms. The molecule has 3 rings (SSSR count). The fourth-order valence-corrected chi connectivity index (χ4v) is 3.78. The van der Waals surface area contributed by atoms with Gasteiger partial charge in [-0.25, -0.2) is 4.39 Å². The predicted molar refractivity (Wildman–Crippen MR) is 127 cm³/mol. The van der Waals surface area contributed by atoms with E-state index >= 15 is 0 Å². The molecule has 2 aliphatic rings. The summed E-state index contributed by atoms with van der Waals surface area (Å²) in [5.74, 6) is 0.782. The number of ether oxygens (including phenoxy) is 3. The van der Waals surface area contributed by atoms with Crippen molar-refractivity contribution in [2.75, 3.05) is 39.9 Å². The Morgan fingerprint density at radius 2 is 2.03 bits per heavy atom. The lowest BCUT2D eigenvalue weighted by Crippen LogP contribution is -2.49. The maximum atomic E-state index is 13.7. The number of benzene rings is 1. The second kappa shape index (κ2) is 13.3. The van der Waals surface area contributed by atoms with Crippen molar-refractivity contribution in [2.45, 2.75) is 57.3 Å². The van der Waals surface area contributed by atoms with Crippen LogP contribution in [-0.2, 0) is 9.47 Å². The molecule has 1 aromatic rings. The number of piperidine rings is 1. The van der Waals surface area contributed by atoms with Gasteiger partial charge in [0.15, 0.2) is 17.5 Å². The highest BCUT2D eigenvalue weighted by Crippen LogP contribution is 2.19. The maximum absolute atomic E-state index is 13.7. The molecule has 170 valence electrons. The summed E-state index contributed by atoms with van der Waals surface area (Å²) >= 11 is 0. The van der Waals surface area contributed by atoms with Gasteiger partial charge < -0.3 is 24.4 Å². The third-order valence-electron chi connectivity index (χ3n) is 5.46. The zero-order chi connectivity index (χ0) is 20.5. The highest BCUT2D eigenvalue weighted by Gasteiger charge is 2.24. The van der Waals surface area contributed by atoms with Gasteiger partial charge in [-0.2, -0.15) is 0 Å². The van der Waals surface area contributed by atoms with Gasteiger partial charge in [-0.05, 0) is 51.2 Å². The summed E-state index contributed by atoms with van der Waals surface area (Å²) in [6.07, 6.45) is 5.87. The van der Waals surface area contributed by atoms with Gasteiger partial charge in [-0.1, -0.05) is 12.1 Å². The first-order valence-electron chi connectivity index (χ1n) is 10.8. The van der Waals surface area contributed by atoms with Crippen molar-refractivity contribution in [1.29, 1.82) is 0 Å². The molecule has 0 aromatic heterocycles. The molecule has 1 aromatic carbocycles. The van der Waals surface area contributed by atoms with Crippen molar-refractivity contribution in [3.8, 4) is 5.75 Å². The molecule has 6 nitrogen and oxygen atoms in total. The number of rotatable bonds is 7. The first kappa shape index (κ1) is 25.1. The largest absolute Gasteiger partial charge is 0.486 e. The molecule has 2 heterocycles. The minimum atomic E-state index is -0.343. The number of aliphatic imine (C=N–C) groups is 1. The van der Waals surface area contributed by atoms with Crippen LogP contribution in [0.3, 0.4) is 0 Å². The third kappa shape index (κ3) is 7.85. The van der Waals surface area contributed by atoms with Gasteiger partial charge in [0.2, 0.25) is 0 Å². The molecule has 0 aliphatic carbocycles. The Balaban J connectivity index is 0.00000320. The van der Waals surface area contributed by atoms with Crippen LogP contribution in [0.4, 0.5) is 4.39 Å². The van der Waals surface area contributed by atoms with Crippen molar-refractivity contribution in [1.82, 2.24) is 10.2 Å². The van der Waals surface area contributed by atoms with E-state index in [1.54, 1.807) is 25.2 Å². The maximum Gasteiger partial charge on any atom is 0.193 e. The van der Waals surface area contributed by atoms with Gasteiger partial charge in [0, 0.05) is 26.7 Å². The lowest BCUT2D eigenvalue weighted by atomic mass is 10.1. The topological polar surface area (TPSA) is 55.3 Å². The first-order valence-corrected chi connectivity index (χ1v) is 10.8. The zero-order valence-corrected chi connectivity index (χ0v) is 20.3. The molecule has 0 saturated carbocycles. The van der Waals surface area contributed by atoms with E-state index in [2.05, 4.69) is 15.2 Å². The Labute approximate surface area is 196 Å². The minimum absolute atomic E-state index is 0. The van der Waals surface area contributed by atoms with E-state index in [0.717, 1.165) is 44.9 Å². The van der Waals surface area contributed by atoms with E-state index in [9.17, 15) is 4.39 Å². The quantitative estimate of drug-likeness (QED) is 0.327. The number of nitrogens with zero attached hydrogens (tertiary/aromatic N) is 2. The van der Waals surface area contributed by atoms with E-state index in [0.29, 0.717) is 13.2 Å². The average molecular weight is 535 g/mol. The van der Waals surface area contributed by atoms with E-state index in [-0.39, 0.29) is 53.9 Å². The average Bonchev–Trinajstić information content (AvgIpc) is 2.76. The highest BCUT2D eigenvalue weighted by atomic mass is 127. The van der Waals surface area contributed by atoms with Gasteiger partial charge in [0.25, 0.3) is 0 Å². The van der Waals surface area contributed by atoms with Gasteiger partial charge in [-0.3, -0.25) is 4.99 Å². The van der Waals surface area contributed by atoms with Crippen LogP contribution in [0.5, 0.6) is 5.75 Å². The number of hydrogen-bond donors (Lipinski definition) is 1. The molecular weight excluding hydrogens is 500 g/mol. The summed E-state index contributed by atoms with van der Waals surface area (Å²) in [7, 11) is 1.79. The molecule has 2 fully saturated rings. The summed E-state index contributed by atoms with van der Waals surface area (Å²) in [6, 6.07) is 6.47. The lowest BCUT2D eigenvalue weighted by molar-refractivity contribution is -0.0721. The summed E-state index contributed by atoms with van der Waals surface area (Å²) in [5.41, 5.74) is 0. The fourth-order valence-electron chi connectivity index (χ4n) is 3.78. The van der Waals surface area contributed by atoms with Crippen molar-refractivity contribution >= 4 is 29.9 Å². The minimum Gasteiger partial charge on any atom is -0.486 e. The molecule has 30 heavy (non-hydrogen) atoms. The van der Waals surface area contributed by atoms with Crippen LogP contribution < -0.4 is 10.1 Å². The predicted octanol–water partition coefficient (Wildman–Crippen LogP) is 3.84. The Hall–Kier alpha value is -1.13.